The molecule has 0 aliphatic heterocycles. The first-order valence-electron chi connectivity index (χ1n) is 14.2. The molecule has 0 unspecified atom stereocenters. The second-order valence-corrected chi connectivity index (χ2v) is 12.4. The lowest BCUT2D eigenvalue weighted by Crippen LogP contribution is -2.24. The number of hydrogen-bond acceptors (Lipinski definition) is 8. The third-order valence-electron chi connectivity index (χ3n) is 4.68. The monoisotopic (exact) mass is 628 g/mol. The van der Waals surface area contributed by atoms with Crippen molar-refractivity contribution in [1.82, 2.24) is 0 Å². The summed E-state index contributed by atoms with van der Waals surface area (Å²) in [6.45, 7) is 18.5. The Morgan fingerprint density at radius 2 is 0.814 bits per heavy atom. The van der Waals surface area contributed by atoms with Gasteiger partial charge in [0.1, 0.15) is 22.6 Å². The van der Waals surface area contributed by atoms with Crippen LogP contribution in [-0.2, 0) is 33.4 Å². The molecule has 0 aromatic heterocycles. The molecule has 0 heterocycles. The van der Waals surface area contributed by atoms with E-state index in [0.717, 1.165) is 0 Å². The number of hydrogen-bond donors (Lipinski definition) is 1. The lowest BCUT2D eigenvalue weighted by molar-refractivity contribution is -0.156. The van der Waals surface area contributed by atoms with Crippen molar-refractivity contribution in [3.05, 3.63) is 23.3 Å². The van der Waals surface area contributed by atoms with Gasteiger partial charge in [-0.3, -0.25) is 19.2 Å². The highest BCUT2D eigenvalue weighted by Crippen LogP contribution is 2.19. The molecular formula is C31H52F4O8. The second kappa shape index (κ2) is 21.9. The van der Waals surface area contributed by atoms with Crippen LogP contribution in [0, 0.1) is 0 Å². The number of aliphatic hydroxyl groups excluding tert-OH is 1. The summed E-state index contributed by atoms with van der Waals surface area (Å²) in [5.41, 5.74) is -2.01. The Hall–Kier alpha value is -2.76. The van der Waals surface area contributed by atoms with E-state index < -0.39 is 53.1 Å². The third kappa shape index (κ3) is 32.0. The van der Waals surface area contributed by atoms with Gasteiger partial charge in [0.25, 0.3) is 12.2 Å². The number of carbonyl (C=O) groups excluding carboxylic acids is 4. The summed E-state index contributed by atoms with van der Waals surface area (Å²) in [7, 11) is 0. The Labute approximate surface area is 254 Å². The summed E-state index contributed by atoms with van der Waals surface area (Å²) in [6, 6.07) is 0. The SMILES string of the molecule is CC(C)(C)OC(=O)CCC(CO)=C(F)F.CCC(=O)CCC(=O)OC(C)(C)C.CCC(CCC(=O)OC(C)(C)C)=C(F)F. The third-order valence-corrected chi connectivity index (χ3v) is 4.68. The Kier molecular flexibility index (Phi) is 22.7. The van der Waals surface area contributed by atoms with Gasteiger partial charge in [0, 0.05) is 31.3 Å². The van der Waals surface area contributed by atoms with E-state index in [0.29, 0.717) is 12.8 Å². The molecule has 252 valence electrons. The number of ether oxygens (including phenoxy) is 3. The van der Waals surface area contributed by atoms with Crippen molar-refractivity contribution in [2.45, 2.75) is 144 Å². The lowest BCUT2D eigenvalue weighted by atomic mass is 10.1. The minimum Gasteiger partial charge on any atom is -0.460 e. The Morgan fingerprint density at radius 1 is 0.512 bits per heavy atom. The van der Waals surface area contributed by atoms with Crippen LogP contribution in [0.1, 0.15) is 128 Å². The molecule has 0 aliphatic rings. The van der Waals surface area contributed by atoms with Crippen molar-refractivity contribution < 1.29 is 56.1 Å². The normalized spacial score (nSPS) is 11.1. The van der Waals surface area contributed by atoms with E-state index >= 15 is 0 Å². The van der Waals surface area contributed by atoms with Crippen molar-refractivity contribution in [2.24, 2.45) is 0 Å². The van der Waals surface area contributed by atoms with Crippen molar-refractivity contribution in [3.8, 4) is 0 Å². The minimum atomic E-state index is -1.93. The summed E-state index contributed by atoms with van der Waals surface area (Å²) in [5, 5.41) is 8.55. The Balaban J connectivity index is -0.000000560. The van der Waals surface area contributed by atoms with E-state index in [9.17, 15) is 36.7 Å². The fourth-order valence-corrected chi connectivity index (χ4v) is 2.74. The number of halogens is 4. The van der Waals surface area contributed by atoms with Gasteiger partial charge in [-0.15, -0.1) is 0 Å². The molecule has 0 aromatic carbocycles. The number of aliphatic hydroxyl groups is 1. The summed E-state index contributed by atoms with van der Waals surface area (Å²) in [6.07, 6.45) is -2.59. The van der Waals surface area contributed by atoms with E-state index in [-0.39, 0.29) is 55.9 Å². The Morgan fingerprint density at radius 3 is 1.05 bits per heavy atom. The summed E-state index contributed by atoms with van der Waals surface area (Å²) >= 11 is 0. The number of Topliss-reactive ketones (excluding diaryl/α,β-unsaturated/α-hetero) is 1. The van der Waals surface area contributed by atoms with Gasteiger partial charge in [-0.1, -0.05) is 13.8 Å². The summed E-state index contributed by atoms with van der Waals surface area (Å²) in [4.78, 5) is 44.3. The summed E-state index contributed by atoms with van der Waals surface area (Å²) in [5.74, 6) is -1.18. The zero-order valence-corrected chi connectivity index (χ0v) is 27.7. The highest BCUT2D eigenvalue weighted by Gasteiger charge is 2.19. The van der Waals surface area contributed by atoms with Gasteiger partial charge in [-0.2, -0.15) is 17.6 Å². The number of rotatable bonds is 12. The average Bonchev–Trinajstić information content (AvgIpc) is 2.80. The molecule has 0 aromatic rings. The average molecular weight is 629 g/mol. The number of esters is 3. The first kappa shape index (κ1) is 44.7. The largest absolute Gasteiger partial charge is 0.460 e. The fraction of sp³-hybridized carbons (Fsp3) is 0.742. The molecule has 0 atom stereocenters. The van der Waals surface area contributed by atoms with E-state index in [1.807, 2.05) is 20.8 Å². The van der Waals surface area contributed by atoms with Crippen molar-refractivity contribution in [3.63, 3.8) is 0 Å². The van der Waals surface area contributed by atoms with Crippen LogP contribution in [0.2, 0.25) is 0 Å². The van der Waals surface area contributed by atoms with Crippen LogP contribution < -0.4 is 0 Å². The smallest absolute Gasteiger partial charge is 0.306 e. The van der Waals surface area contributed by atoms with E-state index in [2.05, 4.69) is 0 Å². The molecule has 0 saturated carbocycles. The minimum absolute atomic E-state index is 0.0117. The van der Waals surface area contributed by atoms with Gasteiger partial charge in [0.05, 0.1) is 13.0 Å². The zero-order chi connectivity index (χ0) is 34.6. The molecule has 0 radical (unpaired) electrons. The van der Waals surface area contributed by atoms with E-state index in [1.165, 1.54) is 0 Å². The van der Waals surface area contributed by atoms with Gasteiger partial charge < -0.3 is 19.3 Å². The molecule has 0 saturated heterocycles. The highest BCUT2D eigenvalue weighted by atomic mass is 19.3. The zero-order valence-electron chi connectivity index (χ0n) is 27.7. The molecular weight excluding hydrogens is 576 g/mol. The molecule has 0 spiro atoms. The highest BCUT2D eigenvalue weighted by molar-refractivity contribution is 5.82. The standard InChI is InChI=1S/C11H18F2O2.C10H16F2O3.C10H18O3/c1-5-8(10(12)13)6-7-9(14)15-11(2,3)4;1-10(2,3)15-8(14)5-4-7(6-13)9(11)12;1-5-8(11)6-7-9(12)13-10(2,3)4/h5-7H2,1-4H3;13H,4-6H2,1-3H3;5-7H2,1-4H3. The van der Waals surface area contributed by atoms with Crippen molar-refractivity contribution in [1.29, 1.82) is 0 Å². The molecule has 8 nitrogen and oxygen atoms in total. The molecule has 12 heteroatoms. The van der Waals surface area contributed by atoms with Gasteiger partial charge >= 0.3 is 17.9 Å². The Bertz CT molecular complexity index is 875. The number of allylic oxidation sites excluding steroid dienone is 1. The molecule has 0 rings (SSSR count). The van der Waals surface area contributed by atoms with Crippen LogP contribution in [0.15, 0.2) is 23.3 Å². The van der Waals surface area contributed by atoms with Crippen LogP contribution in [0.3, 0.4) is 0 Å². The van der Waals surface area contributed by atoms with Gasteiger partial charge in [-0.05, 0) is 87.1 Å². The molecule has 0 bridgehead atoms. The van der Waals surface area contributed by atoms with Crippen molar-refractivity contribution >= 4 is 23.7 Å². The van der Waals surface area contributed by atoms with Crippen LogP contribution in [0.5, 0.6) is 0 Å². The molecule has 0 fully saturated rings. The van der Waals surface area contributed by atoms with Crippen molar-refractivity contribution in [2.75, 3.05) is 6.61 Å². The maximum Gasteiger partial charge on any atom is 0.306 e. The van der Waals surface area contributed by atoms with Crippen LogP contribution in [0.4, 0.5) is 17.6 Å². The van der Waals surface area contributed by atoms with Gasteiger partial charge in [-0.25, -0.2) is 0 Å². The van der Waals surface area contributed by atoms with Crippen LogP contribution >= 0.6 is 0 Å². The lowest BCUT2D eigenvalue weighted by Gasteiger charge is -2.19. The van der Waals surface area contributed by atoms with Crippen LogP contribution in [-0.4, -0.2) is 52.2 Å². The predicted molar refractivity (Wildman–Crippen MR) is 156 cm³/mol. The molecule has 43 heavy (non-hydrogen) atoms. The predicted octanol–water partition coefficient (Wildman–Crippen LogP) is 8.01. The maximum absolute atomic E-state index is 12.2. The van der Waals surface area contributed by atoms with Gasteiger partial charge in [0.2, 0.25) is 0 Å². The molecule has 0 amide bonds. The van der Waals surface area contributed by atoms with Gasteiger partial charge in [0.15, 0.2) is 0 Å². The molecule has 1 N–H and O–H groups in total. The first-order valence-corrected chi connectivity index (χ1v) is 14.2. The quantitative estimate of drug-likeness (QED) is 0.131. The fourth-order valence-electron chi connectivity index (χ4n) is 2.74. The number of ketones is 1. The number of carbonyl (C=O) groups is 4. The second-order valence-electron chi connectivity index (χ2n) is 12.4. The van der Waals surface area contributed by atoms with E-state index in [1.54, 1.807) is 55.4 Å². The summed E-state index contributed by atoms with van der Waals surface area (Å²) < 4.78 is 63.5. The van der Waals surface area contributed by atoms with E-state index in [4.69, 9.17) is 19.3 Å². The molecule has 0 aliphatic carbocycles. The maximum atomic E-state index is 12.2. The van der Waals surface area contributed by atoms with Crippen LogP contribution in [0.25, 0.3) is 0 Å². The first-order chi connectivity index (χ1) is 19.4. The topological polar surface area (TPSA) is 116 Å².